The minimum absolute atomic E-state index is 0.117. The van der Waals surface area contributed by atoms with Crippen LogP contribution >= 0.6 is 22.9 Å². The van der Waals surface area contributed by atoms with Gasteiger partial charge < -0.3 is 15.6 Å². The van der Waals surface area contributed by atoms with Crippen molar-refractivity contribution in [1.29, 1.82) is 0 Å². The Morgan fingerprint density at radius 1 is 1.33 bits per heavy atom. The molecule has 0 amide bonds. The number of halogens is 1. The lowest BCUT2D eigenvalue weighted by Crippen LogP contribution is -2.09. The fourth-order valence-corrected chi connectivity index (χ4v) is 3.16. The average molecular weight is 363 g/mol. The van der Waals surface area contributed by atoms with Crippen molar-refractivity contribution in [2.45, 2.75) is 19.9 Å². The van der Waals surface area contributed by atoms with E-state index in [0.29, 0.717) is 20.7 Å². The van der Waals surface area contributed by atoms with Crippen molar-refractivity contribution in [2.75, 3.05) is 11.1 Å². The first-order valence-electron chi connectivity index (χ1n) is 7.24. The number of aromatic nitrogens is 2. The molecule has 0 saturated heterocycles. The van der Waals surface area contributed by atoms with Gasteiger partial charge in [0.1, 0.15) is 16.4 Å². The van der Waals surface area contributed by atoms with Crippen LogP contribution in [-0.2, 0) is 0 Å². The van der Waals surface area contributed by atoms with Gasteiger partial charge >= 0.3 is 0 Å². The van der Waals surface area contributed by atoms with Gasteiger partial charge in [0.2, 0.25) is 11.5 Å². The minimum Gasteiger partial charge on any atom is -0.382 e. The van der Waals surface area contributed by atoms with Crippen LogP contribution in [0.4, 0.5) is 10.9 Å². The fourth-order valence-electron chi connectivity index (χ4n) is 2.05. The molecule has 0 fully saturated rings. The zero-order chi connectivity index (χ0) is 17.3. The molecule has 3 N–H and O–H groups in total. The number of nitrogens with zero attached hydrogens (tertiary/aromatic N) is 2. The number of rotatable bonds is 5. The molecule has 24 heavy (non-hydrogen) atoms. The van der Waals surface area contributed by atoms with Crippen molar-refractivity contribution in [2.24, 2.45) is 0 Å². The summed E-state index contributed by atoms with van der Waals surface area (Å²) >= 11 is 7.06. The van der Waals surface area contributed by atoms with Crippen molar-refractivity contribution in [3.05, 3.63) is 46.0 Å². The van der Waals surface area contributed by atoms with Gasteiger partial charge in [-0.3, -0.25) is 4.79 Å². The second kappa shape index (κ2) is 6.62. The number of nitrogens with one attached hydrogen (secondary N) is 1. The third-order valence-corrected chi connectivity index (χ3v) is 4.40. The van der Waals surface area contributed by atoms with Crippen molar-refractivity contribution in [3.63, 3.8) is 0 Å². The van der Waals surface area contributed by atoms with Gasteiger partial charge in [-0.2, -0.15) is 0 Å². The molecule has 0 bridgehead atoms. The molecule has 3 rings (SSSR count). The van der Waals surface area contributed by atoms with E-state index in [1.165, 1.54) is 11.3 Å². The maximum Gasteiger partial charge on any atom is 0.244 e. The summed E-state index contributed by atoms with van der Waals surface area (Å²) in [5.74, 6) is -0.0430. The number of hydrogen-bond donors (Lipinski definition) is 2. The van der Waals surface area contributed by atoms with E-state index in [-0.39, 0.29) is 23.4 Å². The minimum atomic E-state index is -0.338. The third kappa shape index (κ3) is 3.42. The van der Waals surface area contributed by atoms with E-state index in [4.69, 9.17) is 21.9 Å². The van der Waals surface area contributed by atoms with Gasteiger partial charge in [-0.05, 0) is 26.0 Å². The van der Waals surface area contributed by atoms with Crippen molar-refractivity contribution in [3.8, 4) is 11.3 Å². The first kappa shape index (κ1) is 16.5. The Morgan fingerprint density at radius 3 is 2.71 bits per heavy atom. The molecule has 0 aliphatic carbocycles. The maximum atomic E-state index is 12.6. The monoisotopic (exact) mass is 362 g/mol. The molecular formula is C16H15ClN4O2S. The molecule has 0 saturated carbocycles. The number of ketones is 1. The second-order valence-corrected chi connectivity index (χ2v) is 6.88. The van der Waals surface area contributed by atoms with Gasteiger partial charge in [-0.25, -0.2) is 4.98 Å². The average Bonchev–Trinajstić information content (AvgIpc) is 3.14. The van der Waals surface area contributed by atoms with Crippen LogP contribution in [0.15, 0.2) is 34.9 Å². The number of benzene rings is 1. The third-order valence-electron chi connectivity index (χ3n) is 3.15. The molecule has 2 aromatic heterocycles. The summed E-state index contributed by atoms with van der Waals surface area (Å²) in [5.41, 5.74) is 7.21. The van der Waals surface area contributed by atoms with Crippen molar-refractivity contribution >= 4 is 39.7 Å². The second-order valence-electron chi connectivity index (χ2n) is 5.44. The zero-order valence-electron chi connectivity index (χ0n) is 13.0. The van der Waals surface area contributed by atoms with Gasteiger partial charge in [-0.15, -0.1) is 0 Å². The molecule has 0 spiro atoms. The van der Waals surface area contributed by atoms with E-state index in [0.717, 1.165) is 5.56 Å². The quantitative estimate of drug-likeness (QED) is 0.664. The first-order valence-corrected chi connectivity index (χ1v) is 8.43. The van der Waals surface area contributed by atoms with Crippen LogP contribution in [0.25, 0.3) is 11.3 Å². The number of thiazole rings is 1. The van der Waals surface area contributed by atoms with Crippen LogP contribution in [0.2, 0.25) is 5.02 Å². The standard InChI is InChI=1S/C16H15ClN4O2S/c1-8(2)19-16-20-15(18)14(24-16)13(22)12-7-11(21-23-12)9-3-5-10(17)6-4-9/h3-8H,18H2,1-2H3,(H,19,20). The summed E-state index contributed by atoms with van der Waals surface area (Å²) in [7, 11) is 0. The Bertz CT molecular complexity index is 871. The van der Waals surface area contributed by atoms with Crippen LogP contribution in [0.1, 0.15) is 29.3 Å². The Hall–Kier alpha value is -2.38. The van der Waals surface area contributed by atoms with Crippen molar-refractivity contribution < 1.29 is 9.32 Å². The van der Waals surface area contributed by atoms with Gasteiger partial charge in [0.15, 0.2) is 5.13 Å². The molecule has 0 radical (unpaired) electrons. The SMILES string of the molecule is CC(C)Nc1nc(N)c(C(=O)c2cc(-c3ccc(Cl)cc3)no2)s1. The number of anilines is 2. The molecule has 6 nitrogen and oxygen atoms in total. The maximum absolute atomic E-state index is 12.6. The van der Waals surface area contributed by atoms with Crippen LogP contribution in [-0.4, -0.2) is 22.0 Å². The number of carbonyl (C=O) groups is 1. The molecule has 0 atom stereocenters. The van der Waals surface area contributed by atoms with Crippen LogP contribution in [0, 0.1) is 0 Å². The molecule has 3 aromatic rings. The van der Waals surface area contributed by atoms with E-state index in [1.807, 2.05) is 13.8 Å². The summed E-state index contributed by atoms with van der Waals surface area (Å²) in [6.45, 7) is 3.96. The molecule has 0 unspecified atom stereocenters. The summed E-state index contributed by atoms with van der Waals surface area (Å²) in [6, 6.07) is 8.89. The topological polar surface area (TPSA) is 94.0 Å². The van der Waals surface area contributed by atoms with E-state index in [1.54, 1.807) is 30.3 Å². The lowest BCUT2D eigenvalue weighted by molar-refractivity contribution is 0.100. The van der Waals surface area contributed by atoms with Crippen LogP contribution in [0.3, 0.4) is 0 Å². The Labute approximate surface area is 147 Å². The Morgan fingerprint density at radius 2 is 2.04 bits per heavy atom. The highest BCUT2D eigenvalue weighted by molar-refractivity contribution is 7.18. The Kier molecular flexibility index (Phi) is 4.55. The number of hydrogen-bond acceptors (Lipinski definition) is 7. The summed E-state index contributed by atoms with van der Waals surface area (Å²) < 4.78 is 5.18. The largest absolute Gasteiger partial charge is 0.382 e. The Balaban J connectivity index is 1.86. The lowest BCUT2D eigenvalue weighted by Gasteiger charge is -2.03. The molecule has 0 aliphatic heterocycles. The predicted octanol–water partition coefficient (Wildman–Crippen LogP) is 4.09. The van der Waals surface area contributed by atoms with Crippen LogP contribution in [0.5, 0.6) is 0 Å². The molecule has 124 valence electrons. The highest BCUT2D eigenvalue weighted by atomic mass is 35.5. The predicted molar refractivity (Wildman–Crippen MR) is 95.7 cm³/mol. The molecule has 1 aromatic carbocycles. The van der Waals surface area contributed by atoms with Gasteiger partial charge in [0, 0.05) is 22.7 Å². The van der Waals surface area contributed by atoms with Gasteiger partial charge in [0.25, 0.3) is 0 Å². The first-order chi connectivity index (χ1) is 11.4. The lowest BCUT2D eigenvalue weighted by atomic mass is 10.1. The van der Waals surface area contributed by atoms with Crippen LogP contribution < -0.4 is 11.1 Å². The number of carbonyl (C=O) groups excluding carboxylic acids is 1. The highest BCUT2D eigenvalue weighted by Crippen LogP contribution is 2.29. The summed E-state index contributed by atoms with van der Waals surface area (Å²) in [6.07, 6.45) is 0. The highest BCUT2D eigenvalue weighted by Gasteiger charge is 2.22. The number of nitrogen functional groups attached to an aromatic ring is 1. The van der Waals surface area contributed by atoms with E-state index in [2.05, 4.69) is 15.5 Å². The van der Waals surface area contributed by atoms with Gasteiger partial charge in [-0.1, -0.05) is 40.2 Å². The van der Waals surface area contributed by atoms with Crippen molar-refractivity contribution in [1.82, 2.24) is 10.1 Å². The smallest absolute Gasteiger partial charge is 0.244 e. The van der Waals surface area contributed by atoms with E-state index in [9.17, 15) is 4.79 Å². The molecule has 8 heteroatoms. The normalized spacial score (nSPS) is 11.0. The van der Waals surface area contributed by atoms with E-state index < -0.39 is 0 Å². The summed E-state index contributed by atoms with van der Waals surface area (Å²) in [5, 5.41) is 8.29. The zero-order valence-corrected chi connectivity index (χ0v) is 14.6. The fraction of sp³-hybridized carbons (Fsp3) is 0.188. The molecule has 0 aliphatic rings. The van der Waals surface area contributed by atoms with E-state index >= 15 is 0 Å². The summed E-state index contributed by atoms with van der Waals surface area (Å²) in [4.78, 5) is 17.1. The number of nitrogens with two attached hydrogens (primary N) is 1. The van der Waals surface area contributed by atoms with Gasteiger partial charge in [0.05, 0.1) is 0 Å². The molecule has 2 heterocycles. The molecular weight excluding hydrogens is 348 g/mol.